The van der Waals surface area contributed by atoms with Gasteiger partial charge in [0.2, 0.25) is 0 Å². The zero-order valence-electron chi connectivity index (χ0n) is 4.65. The summed E-state index contributed by atoms with van der Waals surface area (Å²) in [4.78, 5) is 0. The molecule has 0 atom stereocenters. The Balaban J connectivity index is 2.92. The Hall–Kier alpha value is -0.0900. The van der Waals surface area contributed by atoms with Crippen LogP contribution < -0.4 is 0 Å². The van der Waals surface area contributed by atoms with Crippen molar-refractivity contribution in [3.05, 3.63) is 12.2 Å². The predicted octanol–water partition coefficient (Wildman–Crippen LogP) is 2.29. The van der Waals surface area contributed by atoms with Gasteiger partial charge in [0.1, 0.15) is 0 Å². The SMILES string of the molecule is CCCC=CC=P. The average Bonchev–Trinajstić information content (AvgIpc) is 1.69. The van der Waals surface area contributed by atoms with E-state index in [1.165, 1.54) is 12.8 Å². The van der Waals surface area contributed by atoms with E-state index in [1.54, 1.807) is 0 Å². The zero-order chi connectivity index (χ0) is 5.54. The van der Waals surface area contributed by atoms with Crippen LogP contribution in [0.25, 0.3) is 0 Å². The van der Waals surface area contributed by atoms with Gasteiger partial charge in [0.15, 0.2) is 0 Å². The van der Waals surface area contributed by atoms with Crippen LogP contribution >= 0.6 is 8.86 Å². The van der Waals surface area contributed by atoms with Gasteiger partial charge < -0.3 is 0 Å². The summed E-state index contributed by atoms with van der Waals surface area (Å²) >= 11 is 0. The van der Waals surface area contributed by atoms with Crippen molar-refractivity contribution in [3.63, 3.8) is 0 Å². The molecule has 0 saturated heterocycles. The fourth-order valence-electron chi connectivity index (χ4n) is 0.331. The Morgan fingerprint density at radius 1 is 1.57 bits per heavy atom. The molecule has 0 radical (unpaired) electrons. The molecule has 0 aliphatic carbocycles. The molecule has 40 valence electrons. The lowest BCUT2D eigenvalue weighted by Crippen LogP contribution is -1.59. The summed E-state index contributed by atoms with van der Waals surface area (Å²) in [6.45, 7) is 2.16. The van der Waals surface area contributed by atoms with Crippen molar-refractivity contribution in [1.82, 2.24) is 0 Å². The molecular formula is C6H11P. The van der Waals surface area contributed by atoms with Crippen LogP contribution in [0.5, 0.6) is 0 Å². The van der Waals surface area contributed by atoms with Crippen LogP contribution in [0, 0.1) is 0 Å². The molecule has 0 unspecified atom stereocenters. The minimum atomic E-state index is 1.18. The van der Waals surface area contributed by atoms with E-state index in [4.69, 9.17) is 0 Å². The van der Waals surface area contributed by atoms with E-state index in [2.05, 4.69) is 21.9 Å². The van der Waals surface area contributed by atoms with Crippen LogP contribution in [0.15, 0.2) is 12.2 Å². The van der Waals surface area contributed by atoms with Crippen LogP contribution in [-0.4, -0.2) is 5.80 Å². The third-order valence-electron chi connectivity index (χ3n) is 0.688. The number of allylic oxidation sites excluding steroid dienone is 2. The normalized spacial score (nSPS) is 9.86. The number of hydrogen-bond donors (Lipinski definition) is 0. The summed E-state index contributed by atoms with van der Waals surface area (Å²) in [5, 5.41) is 0. The first-order valence-corrected chi connectivity index (χ1v) is 3.15. The van der Waals surface area contributed by atoms with Gasteiger partial charge in [-0.1, -0.05) is 25.5 Å². The Bertz CT molecular complexity index is 64.6. The maximum atomic E-state index is 3.21. The van der Waals surface area contributed by atoms with Crippen LogP contribution in [0.2, 0.25) is 0 Å². The standard InChI is InChI=1S/C6H11P/c1-2-3-4-5-6-7/h4-7H,2-3H2,1H3. The first-order valence-electron chi connectivity index (χ1n) is 2.57. The van der Waals surface area contributed by atoms with Crippen LogP contribution in [0.4, 0.5) is 0 Å². The molecule has 0 aromatic carbocycles. The van der Waals surface area contributed by atoms with Crippen molar-refractivity contribution in [2.75, 3.05) is 0 Å². The minimum absolute atomic E-state index is 1.18. The van der Waals surface area contributed by atoms with Crippen molar-refractivity contribution in [1.29, 1.82) is 0 Å². The van der Waals surface area contributed by atoms with Crippen LogP contribution in [-0.2, 0) is 0 Å². The predicted molar refractivity (Wildman–Crippen MR) is 38.4 cm³/mol. The van der Waals surface area contributed by atoms with E-state index in [1.807, 2.05) is 11.9 Å². The van der Waals surface area contributed by atoms with Crippen molar-refractivity contribution < 1.29 is 0 Å². The monoisotopic (exact) mass is 114 g/mol. The van der Waals surface area contributed by atoms with Gasteiger partial charge in [0.25, 0.3) is 0 Å². The van der Waals surface area contributed by atoms with Crippen molar-refractivity contribution in [2.45, 2.75) is 19.8 Å². The van der Waals surface area contributed by atoms with Crippen molar-refractivity contribution >= 4 is 14.7 Å². The maximum absolute atomic E-state index is 3.21. The van der Waals surface area contributed by atoms with Gasteiger partial charge in [-0.25, -0.2) is 0 Å². The zero-order valence-corrected chi connectivity index (χ0v) is 5.65. The average molecular weight is 114 g/mol. The highest BCUT2D eigenvalue weighted by molar-refractivity contribution is 7.18. The molecule has 0 nitrogen and oxygen atoms in total. The van der Waals surface area contributed by atoms with E-state index in [-0.39, 0.29) is 0 Å². The second-order valence-corrected chi connectivity index (χ2v) is 1.72. The molecule has 0 saturated carbocycles. The highest BCUT2D eigenvalue weighted by Gasteiger charge is 1.66. The van der Waals surface area contributed by atoms with E-state index >= 15 is 0 Å². The molecule has 0 aliphatic heterocycles. The second kappa shape index (κ2) is 5.91. The molecule has 0 rings (SSSR count). The molecule has 7 heavy (non-hydrogen) atoms. The molecule has 1 heteroatoms. The smallest absolute Gasteiger partial charge is 0.0350 e. The molecule has 0 aromatic heterocycles. The maximum Gasteiger partial charge on any atom is -0.0350 e. The Labute approximate surface area is 47.5 Å². The van der Waals surface area contributed by atoms with Gasteiger partial charge >= 0.3 is 0 Å². The lowest BCUT2D eigenvalue weighted by atomic mass is 10.3. The van der Waals surface area contributed by atoms with Gasteiger partial charge in [0, 0.05) is 0 Å². The molecule has 0 N–H and O–H groups in total. The lowest BCUT2D eigenvalue weighted by molar-refractivity contribution is 0.960. The molecule has 0 amide bonds. The van der Waals surface area contributed by atoms with E-state index < -0.39 is 0 Å². The van der Waals surface area contributed by atoms with Crippen molar-refractivity contribution in [3.8, 4) is 0 Å². The van der Waals surface area contributed by atoms with E-state index in [0.29, 0.717) is 0 Å². The lowest BCUT2D eigenvalue weighted by Gasteiger charge is -1.77. The number of unbranched alkanes of at least 4 members (excludes halogenated alkanes) is 1. The topological polar surface area (TPSA) is 0 Å². The van der Waals surface area contributed by atoms with Crippen LogP contribution in [0.3, 0.4) is 0 Å². The quantitative estimate of drug-likeness (QED) is 0.494. The minimum Gasteiger partial charge on any atom is -0.122 e. The molecule has 0 aromatic rings. The first-order chi connectivity index (χ1) is 3.41. The first kappa shape index (κ1) is 6.91. The van der Waals surface area contributed by atoms with Gasteiger partial charge in [-0.2, -0.15) is 0 Å². The van der Waals surface area contributed by atoms with Crippen LogP contribution in [0.1, 0.15) is 19.8 Å². The number of rotatable bonds is 3. The molecule has 0 spiro atoms. The van der Waals surface area contributed by atoms with Gasteiger partial charge in [-0.3, -0.25) is 0 Å². The molecule has 0 aliphatic rings. The third kappa shape index (κ3) is 5.91. The summed E-state index contributed by atoms with van der Waals surface area (Å²) in [7, 11) is 3.21. The molecule has 0 bridgehead atoms. The fraction of sp³-hybridized carbons (Fsp3) is 0.500. The third-order valence-corrected chi connectivity index (χ3v) is 0.880. The molecule has 0 fully saturated rings. The Kier molecular flexibility index (Phi) is 5.83. The largest absolute Gasteiger partial charge is 0.122 e. The Morgan fingerprint density at radius 3 is 2.71 bits per heavy atom. The summed E-state index contributed by atoms with van der Waals surface area (Å²) in [6, 6.07) is 0. The van der Waals surface area contributed by atoms with E-state index in [0.717, 1.165) is 0 Å². The number of hydrogen-bond acceptors (Lipinski definition) is 0. The second-order valence-electron chi connectivity index (χ2n) is 1.38. The van der Waals surface area contributed by atoms with Gasteiger partial charge in [0.05, 0.1) is 0 Å². The highest BCUT2D eigenvalue weighted by Crippen LogP contribution is 1.85. The van der Waals surface area contributed by atoms with Crippen molar-refractivity contribution in [2.24, 2.45) is 0 Å². The molecule has 0 heterocycles. The van der Waals surface area contributed by atoms with Gasteiger partial charge in [-0.05, 0) is 12.2 Å². The van der Waals surface area contributed by atoms with E-state index in [9.17, 15) is 0 Å². The van der Waals surface area contributed by atoms with Gasteiger partial charge in [-0.15, -0.1) is 8.86 Å². The Morgan fingerprint density at radius 2 is 2.29 bits per heavy atom. The highest BCUT2D eigenvalue weighted by atomic mass is 31.0. The summed E-state index contributed by atoms with van der Waals surface area (Å²) in [6.07, 6.45) is 6.55. The molecular weight excluding hydrogens is 103 g/mol. The fourth-order valence-corrected chi connectivity index (χ4v) is 0.467. The summed E-state index contributed by atoms with van der Waals surface area (Å²) in [5.74, 6) is 1.86. The summed E-state index contributed by atoms with van der Waals surface area (Å²) < 4.78 is 0. The summed E-state index contributed by atoms with van der Waals surface area (Å²) in [5.41, 5.74) is 0.